The van der Waals surface area contributed by atoms with E-state index in [0.29, 0.717) is 11.2 Å². The molecular weight excluding hydrogens is 511 g/mol. The van der Waals surface area contributed by atoms with Crippen molar-refractivity contribution in [3.8, 4) is 5.75 Å². The van der Waals surface area contributed by atoms with Gasteiger partial charge < -0.3 is 9.84 Å². The number of sulfonamides is 1. The summed E-state index contributed by atoms with van der Waals surface area (Å²) >= 11 is 6.45. The van der Waals surface area contributed by atoms with Crippen molar-refractivity contribution in [3.05, 3.63) is 89.2 Å². The highest BCUT2D eigenvalue weighted by atomic mass is 35.5. The molecule has 2 aromatic carbocycles. The Morgan fingerprint density at radius 3 is 2.29 bits per heavy atom. The molecule has 0 unspecified atom stereocenters. The highest BCUT2D eigenvalue weighted by molar-refractivity contribution is 7.92. The number of benzene rings is 2. The maximum atomic E-state index is 13.6. The number of carboxylic acids is 1. The number of carboxylic acid groups (broad SMARTS) is 1. The van der Waals surface area contributed by atoms with Gasteiger partial charge in [-0.15, -0.1) is 13.2 Å². The molecule has 0 bridgehead atoms. The molecule has 0 aliphatic rings. The van der Waals surface area contributed by atoms with Gasteiger partial charge in [0, 0.05) is 6.20 Å². The first-order chi connectivity index (χ1) is 16.5. The molecule has 0 saturated carbocycles. The Balaban J connectivity index is 1.77. The summed E-state index contributed by atoms with van der Waals surface area (Å²) in [5, 5.41) is 9.09. The maximum absolute atomic E-state index is 13.6. The fourth-order valence-electron chi connectivity index (χ4n) is 3.25. The van der Waals surface area contributed by atoms with Gasteiger partial charge in [-0.05, 0) is 54.1 Å². The summed E-state index contributed by atoms with van der Waals surface area (Å²) in [6, 6.07) is 14.2. The minimum absolute atomic E-state index is 0.0108. The summed E-state index contributed by atoms with van der Waals surface area (Å²) in [7, 11) is -4.33. The fraction of sp³-hybridized carbons (Fsp3) is 0.0909. The van der Waals surface area contributed by atoms with E-state index < -0.39 is 28.1 Å². The lowest BCUT2D eigenvalue weighted by atomic mass is 10.2. The van der Waals surface area contributed by atoms with Gasteiger partial charge in [-0.3, -0.25) is 4.40 Å². The Labute approximate surface area is 201 Å². The SMILES string of the molecule is O=C(O)c1ccc(S(=O)(=O)N(Cc2ccc(OC(F)(F)F)cc2)c2nc3ccccn3c2Cl)cc1. The van der Waals surface area contributed by atoms with Gasteiger partial charge in [0.2, 0.25) is 0 Å². The Kier molecular flexibility index (Phi) is 6.34. The summed E-state index contributed by atoms with van der Waals surface area (Å²) in [6.45, 7) is -0.334. The van der Waals surface area contributed by atoms with Gasteiger partial charge in [0.25, 0.3) is 10.0 Å². The van der Waals surface area contributed by atoms with Gasteiger partial charge in [-0.2, -0.15) is 0 Å². The first kappa shape index (κ1) is 24.4. The minimum atomic E-state index is -4.87. The summed E-state index contributed by atoms with van der Waals surface area (Å²) in [5.41, 5.74) is 0.572. The van der Waals surface area contributed by atoms with Crippen molar-refractivity contribution >= 4 is 39.1 Å². The summed E-state index contributed by atoms with van der Waals surface area (Å²) in [5.74, 6) is -1.81. The number of rotatable bonds is 7. The molecule has 1 N–H and O–H groups in total. The van der Waals surface area contributed by atoms with Crippen LogP contribution in [0, 0.1) is 0 Å². The van der Waals surface area contributed by atoms with Crippen molar-refractivity contribution in [1.82, 2.24) is 9.38 Å². The summed E-state index contributed by atoms with van der Waals surface area (Å²) < 4.78 is 70.8. The number of halogens is 4. The van der Waals surface area contributed by atoms with Crippen LogP contribution in [0.2, 0.25) is 5.15 Å². The van der Waals surface area contributed by atoms with Crippen LogP contribution in [0.3, 0.4) is 0 Å². The van der Waals surface area contributed by atoms with Crippen molar-refractivity contribution in [1.29, 1.82) is 0 Å². The third kappa shape index (κ3) is 5.17. The number of aromatic nitrogens is 2. The number of alkyl halides is 3. The molecule has 0 aliphatic heterocycles. The Morgan fingerprint density at radius 1 is 1.06 bits per heavy atom. The van der Waals surface area contributed by atoms with Crippen LogP contribution in [-0.2, 0) is 16.6 Å². The van der Waals surface area contributed by atoms with Crippen LogP contribution in [0.1, 0.15) is 15.9 Å². The quantitative estimate of drug-likeness (QED) is 0.365. The van der Waals surface area contributed by atoms with Crippen molar-refractivity contribution < 1.29 is 36.2 Å². The molecule has 182 valence electrons. The number of imidazole rings is 1. The second-order valence-corrected chi connectivity index (χ2v) is 9.41. The molecule has 0 aliphatic carbocycles. The van der Waals surface area contributed by atoms with Gasteiger partial charge >= 0.3 is 12.3 Å². The van der Waals surface area contributed by atoms with E-state index >= 15 is 0 Å². The van der Waals surface area contributed by atoms with Crippen molar-refractivity contribution in [2.45, 2.75) is 17.8 Å². The molecule has 0 atom stereocenters. The van der Waals surface area contributed by atoms with E-state index in [1.165, 1.54) is 16.5 Å². The second kappa shape index (κ2) is 9.12. The number of nitrogens with zero attached hydrogens (tertiary/aromatic N) is 3. The number of hydrogen-bond donors (Lipinski definition) is 1. The van der Waals surface area contributed by atoms with Crippen LogP contribution >= 0.6 is 11.6 Å². The lowest BCUT2D eigenvalue weighted by Gasteiger charge is -2.23. The van der Waals surface area contributed by atoms with Crippen molar-refractivity contribution in [2.24, 2.45) is 0 Å². The van der Waals surface area contributed by atoms with Crippen LogP contribution in [0.25, 0.3) is 5.65 Å². The average Bonchev–Trinajstić information content (AvgIpc) is 3.13. The number of hydrogen-bond acceptors (Lipinski definition) is 5. The number of ether oxygens (including phenoxy) is 1. The molecule has 0 saturated heterocycles. The molecule has 35 heavy (non-hydrogen) atoms. The molecule has 2 heterocycles. The second-order valence-electron chi connectivity index (χ2n) is 7.19. The van der Waals surface area contributed by atoms with E-state index in [1.807, 2.05) is 0 Å². The normalized spacial score (nSPS) is 12.0. The van der Waals surface area contributed by atoms with E-state index in [1.54, 1.807) is 24.4 Å². The smallest absolute Gasteiger partial charge is 0.478 e. The Morgan fingerprint density at radius 2 is 1.71 bits per heavy atom. The minimum Gasteiger partial charge on any atom is -0.478 e. The molecule has 4 rings (SSSR count). The highest BCUT2D eigenvalue weighted by Gasteiger charge is 2.32. The van der Waals surface area contributed by atoms with Gasteiger partial charge in [-0.25, -0.2) is 22.5 Å². The fourth-order valence-corrected chi connectivity index (χ4v) is 4.99. The number of pyridine rings is 1. The van der Waals surface area contributed by atoms with Crippen molar-refractivity contribution in [3.63, 3.8) is 0 Å². The lowest BCUT2D eigenvalue weighted by molar-refractivity contribution is -0.274. The zero-order valence-corrected chi connectivity index (χ0v) is 19.0. The van der Waals surface area contributed by atoms with E-state index in [0.717, 1.165) is 40.7 Å². The molecule has 0 spiro atoms. The zero-order valence-electron chi connectivity index (χ0n) is 17.5. The van der Waals surface area contributed by atoms with Crippen LogP contribution in [0.15, 0.2) is 77.8 Å². The largest absolute Gasteiger partial charge is 0.573 e. The van der Waals surface area contributed by atoms with Gasteiger partial charge in [0.1, 0.15) is 11.4 Å². The zero-order chi connectivity index (χ0) is 25.4. The maximum Gasteiger partial charge on any atom is 0.573 e. The van der Waals surface area contributed by atoms with E-state index in [-0.39, 0.29) is 28.0 Å². The highest BCUT2D eigenvalue weighted by Crippen LogP contribution is 2.33. The average molecular weight is 526 g/mol. The van der Waals surface area contributed by atoms with E-state index in [4.69, 9.17) is 16.7 Å². The molecule has 0 amide bonds. The van der Waals surface area contributed by atoms with Crippen LogP contribution in [0.5, 0.6) is 5.75 Å². The number of aromatic carboxylic acids is 1. The van der Waals surface area contributed by atoms with Crippen LogP contribution < -0.4 is 9.04 Å². The predicted octanol–water partition coefficient (Wildman–Crippen LogP) is 4.98. The monoisotopic (exact) mass is 525 g/mol. The standard InChI is InChI=1S/C22H15ClF3N3O5S/c23-19-20(27-18-3-1-2-12-28(18)19)29(13-14-4-8-16(9-5-14)34-22(24,25)26)35(32,33)17-10-6-15(7-11-17)21(30)31/h1-12H,13H2,(H,30,31). The topological polar surface area (TPSA) is 101 Å². The van der Waals surface area contributed by atoms with Crippen LogP contribution in [0.4, 0.5) is 19.0 Å². The van der Waals surface area contributed by atoms with Gasteiger partial charge in [0.15, 0.2) is 11.0 Å². The summed E-state index contributed by atoms with van der Waals surface area (Å²) in [6.07, 6.45) is -3.28. The van der Waals surface area contributed by atoms with Gasteiger partial charge in [-0.1, -0.05) is 29.8 Å². The van der Waals surface area contributed by atoms with Crippen LogP contribution in [-0.4, -0.2) is 35.2 Å². The molecule has 2 aromatic heterocycles. The third-order valence-corrected chi connectivity index (χ3v) is 6.96. The number of carbonyl (C=O) groups is 1. The van der Waals surface area contributed by atoms with Gasteiger partial charge in [0.05, 0.1) is 17.0 Å². The molecule has 8 nitrogen and oxygen atoms in total. The Bertz CT molecular complexity index is 1490. The number of fused-ring (bicyclic) bond motifs is 1. The molecule has 0 radical (unpaired) electrons. The van der Waals surface area contributed by atoms with E-state index in [9.17, 15) is 26.4 Å². The predicted molar refractivity (Wildman–Crippen MR) is 120 cm³/mol. The molecule has 4 aromatic rings. The molecule has 0 fully saturated rings. The van der Waals surface area contributed by atoms with Crippen molar-refractivity contribution in [2.75, 3.05) is 4.31 Å². The van der Waals surface area contributed by atoms with E-state index in [2.05, 4.69) is 9.72 Å². The number of anilines is 1. The molecule has 13 heteroatoms. The molecular formula is C22H15ClF3N3O5S. The third-order valence-electron chi connectivity index (χ3n) is 4.86. The lowest BCUT2D eigenvalue weighted by Crippen LogP contribution is -2.31. The first-order valence-corrected chi connectivity index (χ1v) is 11.6. The summed E-state index contributed by atoms with van der Waals surface area (Å²) in [4.78, 5) is 15.2. The first-order valence-electron chi connectivity index (χ1n) is 9.79. The Hall–Kier alpha value is -3.77.